The quantitative estimate of drug-likeness (QED) is 0.705. The van der Waals surface area contributed by atoms with Gasteiger partial charge in [0.05, 0.1) is 11.8 Å². The van der Waals surface area contributed by atoms with Gasteiger partial charge in [-0.2, -0.15) is 13.2 Å². The largest absolute Gasteiger partial charge is 0.481 e. The van der Waals surface area contributed by atoms with Crippen molar-refractivity contribution in [1.82, 2.24) is 0 Å². The summed E-state index contributed by atoms with van der Waals surface area (Å²) in [5, 5.41) is 8.45. The molecule has 2 unspecified atom stereocenters. The predicted octanol–water partition coefficient (Wildman–Crippen LogP) is 2.68. The van der Waals surface area contributed by atoms with Gasteiger partial charge in [-0.25, -0.2) is 8.78 Å². The molecule has 2 atom stereocenters. The monoisotopic (exact) mass is 232 g/mol. The van der Waals surface area contributed by atoms with Gasteiger partial charge in [0.25, 0.3) is 0 Å². The summed E-state index contributed by atoms with van der Waals surface area (Å²) in [5.74, 6) is -8.96. The number of halogens is 5. The Bertz CT molecular complexity index is 260. The van der Waals surface area contributed by atoms with Gasteiger partial charge in [-0.1, -0.05) is 0 Å². The van der Waals surface area contributed by atoms with Crippen LogP contribution in [0.5, 0.6) is 0 Å². The van der Waals surface area contributed by atoms with Gasteiger partial charge in [-0.05, 0) is 6.42 Å². The fraction of sp³-hybridized carbons (Fsp3) is 0.875. The summed E-state index contributed by atoms with van der Waals surface area (Å²) in [4.78, 5) is 10.4. The van der Waals surface area contributed by atoms with Crippen LogP contribution in [0.25, 0.3) is 0 Å². The van der Waals surface area contributed by atoms with E-state index in [0.717, 1.165) is 0 Å². The highest BCUT2D eigenvalue weighted by Crippen LogP contribution is 2.46. The Morgan fingerprint density at radius 1 is 1.27 bits per heavy atom. The molecule has 0 amide bonds. The number of carboxylic acids is 1. The zero-order valence-corrected chi connectivity index (χ0v) is 7.52. The average Bonchev–Trinajstić information content (AvgIpc) is 1.99. The Morgan fingerprint density at radius 3 is 2.20 bits per heavy atom. The lowest BCUT2D eigenvalue weighted by atomic mass is 9.79. The van der Waals surface area contributed by atoms with Crippen LogP contribution in [0.15, 0.2) is 0 Å². The van der Waals surface area contributed by atoms with E-state index >= 15 is 0 Å². The Balaban J connectivity index is 2.82. The van der Waals surface area contributed by atoms with E-state index in [2.05, 4.69) is 0 Å². The van der Waals surface area contributed by atoms with E-state index in [1.807, 2.05) is 0 Å². The summed E-state index contributed by atoms with van der Waals surface area (Å²) in [6, 6.07) is 0. The maximum Gasteiger partial charge on any atom is 0.392 e. The number of carbonyl (C=O) groups is 1. The van der Waals surface area contributed by atoms with Crippen LogP contribution in [0.3, 0.4) is 0 Å². The highest BCUT2D eigenvalue weighted by Gasteiger charge is 2.52. The zero-order valence-electron chi connectivity index (χ0n) is 7.52. The fourth-order valence-electron chi connectivity index (χ4n) is 1.75. The maximum absolute atomic E-state index is 12.8. The van der Waals surface area contributed by atoms with Gasteiger partial charge in [0.1, 0.15) is 0 Å². The highest BCUT2D eigenvalue weighted by atomic mass is 19.4. The Kier molecular flexibility index (Phi) is 2.93. The highest BCUT2D eigenvalue weighted by molar-refractivity contribution is 5.70. The third-order valence-corrected chi connectivity index (χ3v) is 2.47. The molecule has 1 saturated carbocycles. The molecule has 88 valence electrons. The molecule has 0 saturated heterocycles. The average molecular weight is 232 g/mol. The van der Waals surface area contributed by atoms with E-state index in [1.54, 1.807) is 0 Å². The first kappa shape index (κ1) is 12.2. The van der Waals surface area contributed by atoms with Crippen LogP contribution in [0.1, 0.15) is 19.3 Å². The van der Waals surface area contributed by atoms with Gasteiger partial charge < -0.3 is 5.11 Å². The van der Waals surface area contributed by atoms with Gasteiger partial charge in [0.2, 0.25) is 5.92 Å². The van der Waals surface area contributed by atoms with Crippen molar-refractivity contribution >= 4 is 5.97 Å². The van der Waals surface area contributed by atoms with Crippen molar-refractivity contribution < 1.29 is 31.9 Å². The van der Waals surface area contributed by atoms with E-state index in [9.17, 15) is 26.7 Å². The topological polar surface area (TPSA) is 37.3 Å². The molecular weight excluding hydrogens is 223 g/mol. The minimum atomic E-state index is -4.75. The molecular formula is C8H9F5O2. The van der Waals surface area contributed by atoms with Crippen LogP contribution < -0.4 is 0 Å². The molecule has 1 fully saturated rings. The molecule has 0 bridgehead atoms. The second-order valence-electron chi connectivity index (χ2n) is 3.77. The van der Waals surface area contributed by atoms with Crippen molar-refractivity contribution in [1.29, 1.82) is 0 Å². The standard InChI is InChI=1S/C8H9F5O2/c9-7(10)2-4(6(14)15)1-5(3-7)8(11,12)13/h4-5H,1-3H2,(H,14,15). The lowest BCUT2D eigenvalue weighted by Gasteiger charge is -2.33. The third kappa shape index (κ3) is 3.04. The molecule has 0 aromatic carbocycles. The van der Waals surface area contributed by atoms with Gasteiger partial charge >= 0.3 is 12.1 Å². The number of hydrogen-bond donors (Lipinski definition) is 1. The van der Waals surface area contributed by atoms with E-state index in [1.165, 1.54) is 0 Å². The smallest absolute Gasteiger partial charge is 0.392 e. The first-order valence-corrected chi connectivity index (χ1v) is 4.29. The number of alkyl halides is 5. The SMILES string of the molecule is O=C(O)C1CC(C(F)(F)F)CC(F)(F)C1. The summed E-state index contributed by atoms with van der Waals surface area (Å²) >= 11 is 0. The normalized spacial score (nSPS) is 31.3. The lowest BCUT2D eigenvalue weighted by molar-refractivity contribution is -0.215. The van der Waals surface area contributed by atoms with Crippen molar-refractivity contribution in [3.05, 3.63) is 0 Å². The summed E-state index contributed by atoms with van der Waals surface area (Å²) < 4.78 is 62.2. The molecule has 1 aliphatic carbocycles. The third-order valence-electron chi connectivity index (χ3n) is 2.47. The van der Waals surface area contributed by atoms with Crippen molar-refractivity contribution in [2.24, 2.45) is 11.8 Å². The van der Waals surface area contributed by atoms with Crippen molar-refractivity contribution in [2.45, 2.75) is 31.4 Å². The minimum Gasteiger partial charge on any atom is -0.481 e. The molecule has 0 heterocycles. The van der Waals surface area contributed by atoms with Gasteiger partial charge in [-0.15, -0.1) is 0 Å². The predicted molar refractivity (Wildman–Crippen MR) is 39.5 cm³/mol. The van der Waals surface area contributed by atoms with Gasteiger partial charge in [0.15, 0.2) is 0 Å². The van der Waals surface area contributed by atoms with Crippen LogP contribution >= 0.6 is 0 Å². The van der Waals surface area contributed by atoms with E-state index in [-0.39, 0.29) is 0 Å². The molecule has 0 spiro atoms. The second-order valence-corrected chi connectivity index (χ2v) is 3.77. The van der Waals surface area contributed by atoms with Crippen LogP contribution in [0.4, 0.5) is 22.0 Å². The maximum atomic E-state index is 12.8. The molecule has 1 N–H and O–H groups in total. The Morgan fingerprint density at radius 2 is 1.80 bits per heavy atom. The lowest BCUT2D eigenvalue weighted by Crippen LogP contribution is -2.40. The second kappa shape index (κ2) is 3.61. The zero-order chi connectivity index (χ0) is 11.9. The number of carboxylic acid groups (broad SMARTS) is 1. The summed E-state index contributed by atoms with van der Waals surface area (Å²) in [7, 11) is 0. The number of aliphatic carboxylic acids is 1. The van der Waals surface area contributed by atoms with Gasteiger partial charge in [0, 0.05) is 12.8 Å². The Hall–Kier alpha value is -0.880. The van der Waals surface area contributed by atoms with Crippen LogP contribution in [0.2, 0.25) is 0 Å². The molecule has 0 aromatic heterocycles. The first-order chi connectivity index (χ1) is 6.62. The van der Waals surface area contributed by atoms with Crippen molar-refractivity contribution in [3.63, 3.8) is 0 Å². The Labute approximate surface area is 82.1 Å². The van der Waals surface area contributed by atoms with E-state index in [0.29, 0.717) is 0 Å². The van der Waals surface area contributed by atoms with E-state index < -0.39 is 49.2 Å². The van der Waals surface area contributed by atoms with Crippen LogP contribution in [-0.2, 0) is 4.79 Å². The van der Waals surface area contributed by atoms with Crippen molar-refractivity contribution in [2.75, 3.05) is 0 Å². The number of hydrogen-bond acceptors (Lipinski definition) is 1. The molecule has 15 heavy (non-hydrogen) atoms. The molecule has 0 aromatic rings. The van der Waals surface area contributed by atoms with Crippen LogP contribution in [0, 0.1) is 11.8 Å². The van der Waals surface area contributed by atoms with Crippen molar-refractivity contribution in [3.8, 4) is 0 Å². The molecule has 0 radical (unpaired) electrons. The summed E-state index contributed by atoms with van der Waals surface area (Å²) in [5.41, 5.74) is 0. The molecule has 2 nitrogen and oxygen atoms in total. The fourth-order valence-corrected chi connectivity index (χ4v) is 1.75. The molecule has 7 heteroatoms. The first-order valence-electron chi connectivity index (χ1n) is 4.29. The molecule has 1 rings (SSSR count). The minimum absolute atomic E-state index is 0.756. The summed E-state index contributed by atoms with van der Waals surface area (Å²) in [6.45, 7) is 0. The van der Waals surface area contributed by atoms with Gasteiger partial charge in [-0.3, -0.25) is 4.79 Å². The summed E-state index contributed by atoms with van der Waals surface area (Å²) in [6.07, 6.45) is -7.82. The molecule has 0 aliphatic heterocycles. The molecule has 1 aliphatic rings. The van der Waals surface area contributed by atoms with Crippen LogP contribution in [-0.4, -0.2) is 23.2 Å². The number of rotatable bonds is 1. The van der Waals surface area contributed by atoms with E-state index in [4.69, 9.17) is 5.11 Å².